The van der Waals surface area contributed by atoms with Crippen molar-refractivity contribution in [3.63, 3.8) is 0 Å². The predicted octanol–water partition coefficient (Wildman–Crippen LogP) is 2.95. The highest BCUT2D eigenvalue weighted by molar-refractivity contribution is 7.71. The SMILES string of the molecule is S=c1cn[nH]c2cc(Cl)ccc12. The maximum absolute atomic E-state index is 5.79. The van der Waals surface area contributed by atoms with Gasteiger partial charge in [0.1, 0.15) is 0 Å². The number of halogens is 1. The van der Waals surface area contributed by atoms with Gasteiger partial charge in [0.05, 0.1) is 16.2 Å². The van der Waals surface area contributed by atoms with Crippen molar-refractivity contribution in [3.8, 4) is 0 Å². The third kappa shape index (κ3) is 1.21. The van der Waals surface area contributed by atoms with E-state index in [2.05, 4.69) is 10.2 Å². The Balaban J connectivity index is 2.96. The van der Waals surface area contributed by atoms with Crippen molar-refractivity contribution in [2.24, 2.45) is 0 Å². The number of H-pyrrole nitrogens is 1. The zero-order valence-corrected chi connectivity index (χ0v) is 7.62. The molecule has 1 aromatic heterocycles. The molecule has 0 fully saturated rings. The summed E-state index contributed by atoms with van der Waals surface area (Å²) >= 11 is 10.9. The highest BCUT2D eigenvalue weighted by atomic mass is 35.5. The van der Waals surface area contributed by atoms with E-state index in [9.17, 15) is 0 Å². The van der Waals surface area contributed by atoms with Crippen LogP contribution in [0.1, 0.15) is 0 Å². The topological polar surface area (TPSA) is 28.7 Å². The Kier molecular flexibility index (Phi) is 1.83. The molecule has 12 heavy (non-hydrogen) atoms. The van der Waals surface area contributed by atoms with E-state index in [-0.39, 0.29) is 0 Å². The fraction of sp³-hybridized carbons (Fsp3) is 0. The Bertz CT molecular complexity index is 478. The summed E-state index contributed by atoms with van der Waals surface area (Å²) in [4.78, 5) is 0. The first kappa shape index (κ1) is 7.71. The lowest BCUT2D eigenvalue weighted by molar-refractivity contribution is 1.07. The lowest BCUT2D eigenvalue weighted by atomic mass is 10.2. The fourth-order valence-electron chi connectivity index (χ4n) is 1.05. The minimum atomic E-state index is 0.682. The van der Waals surface area contributed by atoms with E-state index in [1.165, 1.54) is 0 Å². The van der Waals surface area contributed by atoms with Crippen LogP contribution in [0.4, 0.5) is 0 Å². The van der Waals surface area contributed by atoms with Crippen LogP contribution in [0.2, 0.25) is 5.02 Å². The van der Waals surface area contributed by atoms with Gasteiger partial charge in [0.25, 0.3) is 0 Å². The summed E-state index contributed by atoms with van der Waals surface area (Å²) in [6.07, 6.45) is 1.62. The summed E-state index contributed by atoms with van der Waals surface area (Å²) in [5, 5.41) is 8.35. The van der Waals surface area contributed by atoms with E-state index in [4.69, 9.17) is 23.8 Å². The molecule has 1 heterocycles. The molecule has 0 atom stereocenters. The first-order chi connectivity index (χ1) is 5.77. The van der Waals surface area contributed by atoms with Crippen LogP contribution in [0.5, 0.6) is 0 Å². The smallest absolute Gasteiger partial charge is 0.0671 e. The second-order valence-corrected chi connectivity index (χ2v) is 3.30. The Labute approximate surface area is 79.2 Å². The zero-order valence-electron chi connectivity index (χ0n) is 6.04. The molecule has 0 bridgehead atoms. The van der Waals surface area contributed by atoms with Crippen molar-refractivity contribution >= 4 is 34.7 Å². The molecule has 2 rings (SSSR count). The Morgan fingerprint density at radius 3 is 3.08 bits per heavy atom. The summed E-state index contributed by atoms with van der Waals surface area (Å²) in [5.74, 6) is 0. The molecule has 1 aromatic carbocycles. The third-order valence-corrected chi connectivity index (χ3v) is 2.17. The van der Waals surface area contributed by atoms with Gasteiger partial charge in [0.15, 0.2) is 0 Å². The molecule has 0 aliphatic carbocycles. The van der Waals surface area contributed by atoms with Gasteiger partial charge >= 0.3 is 0 Å². The monoisotopic (exact) mass is 196 g/mol. The lowest BCUT2D eigenvalue weighted by Gasteiger charge is -1.96. The molecule has 0 saturated heterocycles. The summed E-state index contributed by atoms with van der Waals surface area (Å²) in [5.41, 5.74) is 0.870. The minimum Gasteiger partial charge on any atom is -0.278 e. The number of hydrogen-bond acceptors (Lipinski definition) is 2. The van der Waals surface area contributed by atoms with E-state index in [0.29, 0.717) is 5.02 Å². The lowest BCUT2D eigenvalue weighted by Crippen LogP contribution is -1.82. The zero-order chi connectivity index (χ0) is 8.55. The van der Waals surface area contributed by atoms with Crippen LogP contribution in [-0.2, 0) is 0 Å². The maximum atomic E-state index is 5.79. The number of rotatable bonds is 0. The van der Waals surface area contributed by atoms with Crippen LogP contribution in [-0.4, -0.2) is 10.2 Å². The van der Waals surface area contributed by atoms with Gasteiger partial charge in [0.2, 0.25) is 0 Å². The first-order valence-electron chi connectivity index (χ1n) is 3.40. The van der Waals surface area contributed by atoms with E-state index >= 15 is 0 Å². The maximum Gasteiger partial charge on any atom is 0.0671 e. The summed E-state index contributed by atoms with van der Waals surface area (Å²) in [7, 11) is 0. The number of benzene rings is 1. The van der Waals surface area contributed by atoms with Gasteiger partial charge < -0.3 is 0 Å². The van der Waals surface area contributed by atoms with E-state index in [1.54, 1.807) is 12.3 Å². The van der Waals surface area contributed by atoms with Crippen molar-refractivity contribution in [2.45, 2.75) is 0 Å². The molecule has 0 aliphatic rings. The van der Waals surface area contributed by atoms with Crippen molar-refractivity contribution in [1.82, 2.24) is 10.2 Å². The quantitative estimate of drug-likeness (QED) is 0.657. The number of hydrogen-bond donors (Lipinski definition) is 1. The van der Waals surface area contributed by atoms with Crippen molar-refractivity contribution in [3.05, 3.63) is 33.9 Å². The Morgan fingerprint density at radius 2 is 2.25 bits per heavy atom. The third-order valence-electron chi connectivity index (χ3n) is 1.61. The van der Waals surface area contributed by atoms with Gasteiger partial charge in [-0.15, -0.1) is 0 Å². The van der Waals surface area contributed by atoms with Crippen LogP contribution < -0.4 is 0 Å². The van der Waals surface area contributed by atoms with E-state index in [0.717, 1.165) is 15.4 Å². The molecule has 1 N–H and O–H groups in total. The van der Waals surface area contributed by atoms with Gasteiger partial charge in [-0.25, -0.2) is 0 Å². The van der Waals surface area contributed by atoms with Crippen LogP contribution in [0.3, 0.4) is 0 Å². The number of aromatic amines is 1. The number of fused-ring (bicyclic) bond motifs is 1. The highest BCUT2D eigenvalue weighted by Gasteiger charge is 1.95. The van der Waals surface area contributed by atoms with Gasteiger partial charge in [-0.05, 0) is 18.2 Å². The highest BCUT2D eigenvalue weighted by Crippen LogP contribution is 2.16. The van der Waals surface area contributed by atoms with Gasteiger partial charge in [-0.2, -0.15) is 5.10 Å². The second-order valence-electron chi connectivity index (χ2n) is 2.42. The molecule has 0 aliphatic heterocycles. The minimum absolute atomic E-state index is 0.682. The largest absolute Gasteiger partial charge is 0.278 e. The van der Waals surface area contributed by atoms with Crippen molar-refractivity contribution in [1.29, 1.82) is 0 Å². The molecule has 0 radical (unpaired) electrons. The van der Waals surface area contributed by atoms with Crippen LogP contribution >= 0.6 is 23.8 Å². The van der Waals surface area contributed by atoms with Crippen LogP contribution in [0, 0.1) is 4.51 Å². The predicted molar refractivity (Wildman–Crippen MR) is 51.9 cm³/mol. The first-order valence-corrected chi connectivity index (χ1v) is 4.19. The molecular formula is C8H5ClN2S. The molecule has 0 saturated carbocycles. The molecule has 60 valence electrons. The standard InChI is InChI=1S/C8H5ClN2S/c9-5-1-2-6-7(3-5)11-10-4-8(6)12/h1-4H,(H,11,12). The average molecular weight is 197 g/mol. The molecule has 0 unspecified atom stereocenters. The molecule has 4 heteroatoms. The van der Waals surface area contributed by atoms with Gasteiger partial charge in [0, 0.05) is 10.4 Å². The Hall–Kier alpha value is -0.930. The molecule has 2 aromatic rings. The number of aromatic nitrogens is 2. The van der Waals surface area contributed by atoms with Crippen LogP contribution in [0.15, 0.2) is 24.4 Å². The van der Waals surface area contributed by atoms with Crippen molar-refractivity contribution in [2.75, 3.05) is 0 Å². The van der Waals surface area contributed by atoms with E-state index in [1.807, 2.05) is 12.1 Å². The normalized spacial score (nSPS) is 10.4. The van der Waals surface area contributed by atoms with E-state index < -0.39 is 0 Å². The number of nitrogens with one attached hydrogen (secondary N) is 1. The number of nitrogens with zero attached hydrogens (tertiary/aromatic N) is 1. The Morgan fingerprint density at radius 1 is 1.42 bits per heavy atom. The molecule has 2 nitrogen and oxygen atoms in total. The van der Waals surface area contributed by atoms with Crippen molar-refractivity contribution < 1.29 is 0 Å². The van der Waals surface area contributed by atoms with Gasteiger partial charge in [-0.1, -0.05) is 23.8 Å². The summed E-state index contributed by atoms with van der Waals surface area (Å²) in [6.45, 7) is 0. The average Bonchev–Trinajstić information content (AvgIpc) is 2.04. The molecular weight excluding hydrogens is 192 g/mol. The molecule has 0 amide bonds. The second kappa shape index (κ2) is 2.84. The summed E-state index contributed by atoms with van der Waals surface area (Å²) in [6, 6.07) is 5.51. The summed E-state index contributed by atoms with van der Waals surface area (Å²) < 4.78 is 0.736. The van der Waals surface area contributed by atoms with Crippen LogP contribution in [0.25, 0.3) is 10.9 Å². The molecule has 0 spiro atoms. The fourth-order valence-corrected chi connectivity index (χ4v) is 1.46. The van der Waals surface area contributed by atoms with Gasteiger partial charge in [-0.3, -0.25) is 5.10 Å².